The molecule has 0 aromatic heterocycles. The summed E-state index contributed by atoms with van der Waals surface area (Å²) in [5.74, 6) is -1.55. The number of fused-ring (bicyclic) bond motifs is 2. The largest absolute Gasteiger partial charge is 0.508 e. The van der Waals surface area contributed by atoms with Crippen LogP contribution in [0.3, 0.4) is 0 Å². The SMILES string of the molecule is C.CC1(C)CCC(C)(C)c2cc(CBr)ccc21.CC1(C)CCC(C)(C)c2cc(COc3ccc([C@@H](CC(=O)O)c4ccc(F)cc4)cc3)ccc21.CCOC(=O)C[C@H](c1ccc(O)cc1)c1ccc(F)cc1. The standard InChI is InChI=1S/C30H33FO3.C17H17FO3.C15H21Br.CH4/c1-29(2)15-16-30(3,4)27-17-20(5-14-26(27)29)19-34-24-12-8-22(9-13-24)25(18-28(32)33)21-6-10-23(31)11-7-21;1-2-21-17(20)11-16(12-3-7-14(18)8-4-12)13-5-9-15(19)10-6-13;1-14(2)7-8-15(3,4)13-9-11(10-16)5-6-12(13)14;/h5-14,17,25H,15-16,18-19H2,1-4H3,(H,32,33);3-10,16,19H,2,11H2,1H3;5-6,9H,7-8,10H2,1-4H3;1H4/t25-;16-;;/m00../s1. The summed E-state index contributed by atoms with van der Waals surface area (Å²) in [4.78, 5) is 23.2. The lowest BCUT2D eigenvalue weighted by molar-refractivity contribution is -0.143. The van der Waals surface area contributed by atoms with Crippen molar-refractivity contribution in [1.29, 1.82) is 0 Å². The molecule has 0 spiro atoms. The molecule has 0 unspecified atom stereocenters. The minimum Gasteiger partial charge on any atom is -0.508 e. The van der Waals surface area contributed by atoms with E-state index < -0.39 is 5.97 Å². The number of benzene rings is 6. The highest BCUT2D eigenvalue weighted by atomic mass is 79.9. The lowest BCUT2D eigenvalue weighted by Gasteiger charge is -2.42. The molecule has 9 heteroatoms. The number of rotatable bonds is 13. The van der Waals surface area contributed by atoms with Crippen LogP contribution in [0, 0.1) is 11.6 Å². The van der Waals surface area contributed by atoms with Gasteiger partial charge in [-0.05, 0) is 158 Å². The normalized spacial score (nSPS) is 16.3. The van der Waals surface area contributed by atoms with Crippen LogP contribution in [0.1, 0.15) is 176 Å². The molecule has 0 fully saturated rings. The maximum absolute atomic E-state index is 13.3. The molecule has 0 aliphatic heterocycles. The molecule has 0 radical (unpaired) electrons. The number of phenols is 1. The van der Waals surface area contributed by atoms with Crippen LogP contribution in [-0.2, 0) is 47.9 Å². The molecule has 0 bridgehead atoms. The Bertz CT molecular complexity index is 2680. The molecule has 0 heterocycles. The van der Waals surface area contributed by atoms with Gasteiger partial charge in [0.1, 0.15) is 29.7 Å². The summed E-state index contributed by atoms with van der Waals surface area (Å²) in [6, 6.07) is 40.0. The van der Waals surface area contributed by atoms with Crippen molar-refractivity contribution in [1.82, 2.24) is 0 Å². The number of carboxylic acids is 1. The zero-order chi connectivity index (χ0) is 51.7. The molecule has 6 nitrogen and oxygen atoms in total. The third-order valence-corrected chi connectivity index (χ3v) is 15.2. The number of carbonyl (C=O) groups excluding carboxylic acids is 1. The second-order valence-electron chi connectivity index (χ2n) is 21.7. The Morgan fingerprint density at radius 2 is 0.931 bits per heavy atom. The Hall–Kier alpha value is -5.80. The highest BCUT2D eigenvalue weighted by Gasteiger charge is 2.38. The van der Waals surface area contributed by atoms with Crippen molar-refractivity contribution in [2.45, 2.75) is 154 Å². The smallest absolute Gasteiger partial charge is 0.306 e. The van der Waals surface area contributed by atoms with Crippen LogP contribution in [0.5, 0.6) is 11.5 Å². The van der Waals surface area contributed by atoms with E-state index in [0.717, 1.165) is 38.9 Å². The summed E-state index contributed by atoms with van der Waals surface area (Å²) < 4.78 is 37.5. The van der Waals surface area contributed by atoms with Gasteiger partial charge >= 0.3 is 11.9 Å². The molecular formula is C63H75BrF2O6. The maximum Gasteiger partial charge on any atom is 0.306 e. The molecule has 6 aromatic carbocycles. The summed E-state index contributed by atoms with van der Waals surface area (Å²) in [7, 11) is 0. The monoisotopic (exact) mass is 1040 g/mol. The number of aromatic hydroxyl groups is 1. The van der Waals surface area contributed by atoms with Crippen LogP contribution in [0.25, 0.3) is 0 Å². The number of hydrogen-bond donors (Lipinski definition) is 2. The zero-order valence-electron chi connectivity index (χ0n) is 42.9. The van der Waals surface area contributed by atoms with Gasteiger partial charge in [-0.3, -0.25) is 9.59 Å². The van der Waals surface area contributed by atoms with E-state index in [2.05, 4.69) is 108 Å². The van der Waals surface area contributed by atoms with Crippen molar-refractivity contribution in [3.63, 3.8) is 0 Å². The van der Waals surface area contributed by atoms with Gasteiger partial charge in [-0.15, -0.1) is 0 Å². The highest BCUT2D eigenvalue weighted by molar-refractivity contribution is 9.08. The van der Waals surface area contributed by atoms with Crippen LogP contribution >= 0.6 is 15.9 Å². The average molecular weight is 1050 g/mol. The van der Waals surface area contributed by atoms with Crippen molar-refractivity contribution in [2.24, 2.45) is 0 Å². The fourth-order valence-corrected chi connectivity index (χ4v) is 10.3. The van der Waals surface area contributed by atoms with Crippen LogP contribution in [-0.4, -0.2) is 28.8 Å². The first-order valence-corrected chi connectivity index (χ1v) is 25.9. The number of ether oxygens (including phenoxy) is 2. The molecule has 72 heavy (non-hydrogen) atoms. The van der Waals surface area contributed by atoms with Gasteiger partial charge in [-0.2, -0.15) is 0 Å². The van der Waals surface area contributed by atoms with E-state index in [4.69, 9.17) is 9.47 Å². The number of phenolic OH excluding ortho intramolecular Hbond substituents is 1. The highest BCUT2D eigenvalue weighted by Crippen LogP contribution is 2.47. The predicted octanol–water partition coefficient (Wildman–Crippen LogP) is 16.5. The van der Waals surface area contributed by atoms with Crippen LogP contribution in [0.4, 0.5) is 8.78 Å². The van der Waals surface area contributed by atoms with E-state index in [9.17, 15) is 28.6 Å². The third kappa shape index (κ3) is 14.7. The Morgan fingerprint density at radius 3 is 1.35 bits per heavy atom. The van der Waals surface area contributed by atoms with E-state index in [-0.39, 0.29) is 66.3 Å². The lowest BCUT2D eigenvalue weighted by Crippen LogP contribution is -2.33. The number of carboxylic acid groups (broad SMARTS) is 1. The minimum atomic E-state index is -0.895. The van der Waals surface area contributed by atoms with Crippen molar-refractivity contribution in [2.75, 3.05) is 6.61 Å². The van der Waals surface area contributed by atoms with Gasteiger partial charge in [0.25, 0.3) is 0 Å². The first kappa shape index (κ1) is 57.1. The topological polar surface area (TPSA) is 93.1 Å². The number of halogens is 3. The predicted molar refractivity (Wildman–Crippen MR) is 292 cm³/mol. The molecular weight excluding hydrogens is 971 g/mol. The zero-order valence-corrected chi connectivity index (χ0v) is 44.5. The Balaban J connectivity index is 0.000000216. The molecule has 0 saturated carbocycles. The number of hydrogen-bond acceptors (Lipinski definition) is 5. The molecule has 2 N–H and O–H groups in total. The quantitative estimate of drug-likeness (QED) is 0.0884. The summed E-state index contributed by atoms with van der Waals surface area (Å²) in [6.45, 7) is 21.3. The summed E-state index contributed by atoms with van der Waals surface area (Å²) in [5, 5.41) is 19.7. The Labute approximate surface area is 436 Å². The fraction of sp³-hybridized carbons (Fsp3) is 0.397. The Kier molecular flexibility index (Phi) is 19.3. The van der Waals surface area contributed by atoms with E-state index in [1.807, 2.05) is 24.3 Å². The second-order valence-corrected chi connectivity index (χ2v) is 22.3. The van der Waals surface area contributed by atoms with Crippen molar-refractivity contribution in [3.05, 3.63) is 201 Å². The minimum absolute atomic E-state index is 0. The first-order chi connectivity index (χ1) is 33.5. The van der Waals surface area contributed by atoms with Gasteiger partial charge in [-0.1, -0.05) is 164 Å². The van der Waals surface area contributed by atoms with Gasteiger partial charge < -0.3 is 19.7 Å². The average Bonchev–Trinajstić information content (AvgIpc) is 3.34. The summed E-state index contributed by atoms with van der Waals surface area (Å²) in [5.41, 5.74) is 12.8. The Morgan fingerprint density at radius 1 is 0.556 bits per heavy atom. The molecule has 0 saturated heterocycles. The molecule has 0 amide bonds. The third-order valence-electron chi connectivity index (χ3n) is 14.6. The van der Waals surface area contributed by atoms with E-state index in [1.54, 1.807) is 66.6 Å². The number of esters is 1. The molecule has 2 atom stereocenters. The van der Waals surface area contributed by atoms with Crippen LogP contribution in [0.2, 0.25) is 0 Å². The van der Waals surface area contributed by atoms with Crippen LogP contribution < -0.4 is 4.74 Å². The van der Waals surface area contributed by atoms with Crippen molar-refractivity contribution < 1.29 is 38.1 Å². The van der Waals surface area contributed by atoms with E-state index >= 15 is 0 Å². The van der Waals surface area contributed by atoms with E-state index in [0.29, 0.717) is 24.0 Å². The molecule has 8 rings (SSSR count). The molecule has 2 aliphatic rings. The summed E-state index contributed by atoms with van der Waals surface area (Å²) >= 11 is 3.55. The van der Waals surface area contributed by atoms with Gasteiger partial charge in [0.15, 0.2) is 0 Å². The second kappa shape index (κ2) is 24.3. The lowest BCUT2D eigenvalue weighted by atomic mass is 9.63. The van der Waals surface area contributed by atoms with Crippen LogP contribution in [0.15, 0.2) is 133 Å². The van der Waals surface area contributed by atoms with Crippen molar-refractivity contribution >= 4 is 27.9 Å². The van der Waals surface area contributed by atoms with E-state index in [1.165, 1.54) is 66.6 Å². The first-order valence-electron chi connectivity index (χ1n) is 24.8. The van der Waals surface area contributed by atoms with Gasteiger partial charge in [0.2, 0.25) is 0 Å². The van der Waals surface area contributed by atoms with Gasteiger partial charge in [-0.25, -0.2) is 8.78 Å². The number of carbonyl (C=O) groups is 2. The molecule has 6 aromatic rings. The maximum atomic E-state index is 13.3. The van der Waals surface area contributed by atoms with Gasteiger partial charge in [0.05, 0.1) is 19.4 Å². The molecule has 2 aliphatic carbocycles. The number of aliphatic carboxylic acids is 1. The fourth-order valence-electron chi connectivity index (χ4n) is 9.92. The summed E-state index contributed by atoms with van der Waals surface area (Å²) in [6.07, 6.45) is 5.05. The molecule has 384 valence electrons. The van der Waals surface area contributed by atoms with Gasteiger partial charge in [0, 0.05) is 17.2 Å². The van der Waals surface area contributed by atoms with Crippen molar-refractivity contribution in [3.8, 4) is 11.5 Å². The number of alkyl halides is 1.